The molecule has 1 N–H and O–H groups in total. The number of nitrogens with zero attached hydrogens (tertiary/aromatic N) is 1. The molecule has 0 aliphatic carbocycles. The Balaban J connectivity index is 1.60. The minimum Gasteiger partial charge on any atom is -0.381 e. The highest BCUT2D eigenvalue weighted by Crippen LogP contribution is 2.24. The minimum atomic E-state index is -1.04. The largest absolute Gasteiger partial charge is 0.381 e. The second-order valence-corrected chi connectivity index (χ2v) is 6.61. The van der Waals surface area contributed by atoms with E-state index < -0.39 is 5.60 Å². The molecule has 1 aromatic rings. The van der Waals surface area contributed by atoms with E-state index in [-0.39, 0.29) is 11.8 Å². The highest BCUT2D eigenvalue weighted by molar-refractivity contribution is 6.30. The van der Waals surface area contributed by atoms with Gasteiger partial charge in [0.25, 0.3) is 0 Å². The van der Waals surface area contributed by atoms with Gasteiger partial charge >= 0.3 is 0 Å². The molecular weight excluding hydrogens is 314 g/mol. The monoisotopic (exact) mass is 333 g/mol. The molecule has 0 radical (unpaired) electrons. The van der Waals surface area contributed by atoms with E-state index in [9.17, 15) is 9.90 Å². The molecule has 2 fully saturated rings. The van der Waals surface area contributed by atoms with Crippen LogP contribution in [0.25, 0.3) is 0 Å². The van der Waals surface area contributed by atoms with Crippen LogP contribution in [0.1, 0.15) is 24.8 Å². The molecule has 1 aromatic carbocycles. The van der Waals surface area contributed by atoms with Gasteiger partial charge in [-0.2, -0.15) is 0 Å². The van der Waals surface area contributed by atoms with Crippen molar-refractivity contribution < 1.29 is 14.6 Å². The second-order valence-electron chi connectivity index (χ2n) is 6.18. The zero-order valence-corrected chi connectivity index (χ0v) is 13.7. The van der Waals surface area contributed by atoms with Gasteiger partial charge in [-0.15, -0.1) is 0 Å². The summed E-state index contributed by atoms with van der Waals surface area (Å²) in [7, 11) is 0. The number of likely N-dealkylation sites (tertiary alicyclic amines) is 1. The number of benzene rings is 1. The molecule has 122 valence electrons. The Morgan fingerprint density at radius 3 is 2.83 bits per heavy atom. The third kappa shape index (κ3) is 4.06. The molecule has 0 saturated carbocycles. The predicted octanol–water partition coefficient (Wildman–Crippen LogP) is 2.08. The van der Waals surface area contributed by atoms with Gasteiger partial charge in [-0.25, -0.2) is 0 Å². The SMILES string of the molecule is O=C(C1CCOC1)N1CCC(O)(C#Cc2cccc(Cl)c2)CC1. The van der Waals surface area contributed by atoms with Gasteiger partial charge in [-0.05, 0) is 24.6 Å². The summed E-state index contributed by atoms with van der Waals surface area (Å²) in [6.45, 7) is 2.26. The molecule has 4 nitrogen and oxygen atoms in total. The quantitative estimate of drug-likeness (QED) is 0.801. The molecule has 0 aromatic heterocycles. The molecule has 0 bridgehead atoms. The third-order valence-corrected chi connectivity index (χ3v) is 4.68. The summed E-state index contributed by atoms with van der Waals surface area (Å²) >= 11 is 5.93. The number of carbonyl (C=O) groups excluding carboxylic acids is 1. The number of halogens is 1. The summed E-state index contributed by atoms with van der Waals surface area (Å²) in [5.41, 5.74) is -0.252. The number of amides is 1. The normalized spacial score (nSPS) is 23.2. The van der Waals surface area contributed by atoms with E-state index in [4.69, 9.17) is 16.3 Å². The van der Waals surface area contributed by atoms with Crippen molar-refractivity contribution in [2.45, 2.75) is 24.9 Å². The van der Waals surface area contributed by atoms with Crippen LogP contribution >= 0.6 is 11.6 Å². The van der Waals surface area contributed by atoms with Crippen molar-refractivity contribution in [1.82, 2.24) is 4.90 Å². The van der Waals surface area contributed by atoms with Gasteiger partial charge in [0, 0.05) is 43.1 Å². The Morgan fingerprint density at radius 2 is 2.17 bits per heavy atom. The van der Waals surface area contributed by atoms with Gasteiger partial charge < -0.3 is 14.7 Å². The number of hydrogen-bond acceptors (Lipinski definition) is 3. The third-order valence-electron chi connectivity index (χ3n) is 4.45. The topological polar surface area (TPSA) is 49.8 Å². The lowest BCUT2D eigenvalue weighted by Gasteiger charge is -2.36. The Hall–Kier alpha value is -1.54. The van der Waals surface area contributed by atoms with Crippen molar-refractivity contribution in [1.29, 1.82) is 0 Å². The standard InChI is InChI=1S/C18H20ClNO3/c19-16-3-1-2-14(12-16)4-6-18(22)7-9-20(10-8-18)17(21)15-5-11-23-13-15/h1-3,12,15,22H,5,7-11,13H2. The van der Waals surface area contributed by atoms with Gasteiger partial charge in [0.2, 0.25) is 5.91 Å². The molecule has 5 heteroatoms. The first-order chi connectivity index (χ1) is 11.1. The van der Waals surface area contributed by atoms with Crippen molar-refractivity contribution >= 4 is 17.5 Å². The van der Waals surface area contributed by atoms with Crippen molar-refractivity contribution in [3.05, 3.63) is 34.9 Å². The molecule has 2 heterocycles. The van der Waals surface area contributed by atoms with Crippen LogP contribution in [0.4, 0.5) is 0 Å². The molecule has 3 rings (SSSR count). The van der Waals surface area contributed by atoms with E-state index in [1.54, 1.807) is 12.1 Å². The molecule has 1 amide bonds. The van der Waals surface area contributed by atoms with Crippen molar-refractivity contribution in [2.24, 2.45) is 5.92 Å². The molecule has 1 unspecified atom stereocenters. The van der Waals surface area contributed by atoms with Crippen LogP contribution in [-0.2, 0) is 9.53 Å². The molecule has 23 heavy (non-hydrogen) atoms. The minimum absolute atomic E-state index is 0.0151. The van der Waals surface area contributed by atoms with E-state index in [0.29, 0.717) is 44.2 Å². The number of carbonyl (C=O) groups is 1. The zero-order valence-electron chi connectivity index (χ0n) is 12.9. The number of aliphatic hydroxyl groups is 1. The maximum atomic E-state index is 12.3. The highest BCUT2D eigenvalue weighted by Gasteiger charge is 2.35. The maximum absolute atomic E-state index is 12.3. The van der Waals surface area contributed by atoms with Crippen LogP contribution in [-0.4, -0.2) is 47.8 Å². The fourth-order valence-electron chi connectivity index (χ4n) is 2.96. The van der Waals surface area contributed by atoms with Crippen molar-refractivity contribution in [3.8, 4) is 11.8 Å². The van der Waals surface area contributed by atoms with Gasteiger partial charge in [-0.3, -0.25) is 4.79 Å². The summed E-state index contributed by atoms with van der Waals surface area (Å²) in [5, 5.41) is 11.2. The molecule has 2 aliphatic heterocycles. The summed E-state index contributed by atoms with van der Waals surface area (Å²) in [6.07, 6.45) is 1.74. The summed E-state index contributed by atoms with van der Waals surface area (Å²) in [5.74, 6) is 6.07. The van der Waals surface area contributed by atoms with Crippen LogP contribution in [0.3, 0.4) is 0 Å². The molecule has 0 spiro atoms. The number of hydrogen-bond donors (Lipinski definition) is 1. The molecule has 1 atom stereocenters. The summed E-state index contributed by atoms with van der Waals surface area (Å²) in [6, 6.07) is 7.26. The summed E-state index contributed by atoms with van der Waals surface area (Å²) in [4.78, 5) is 14.2. The Kier molecular flexibility index (Phi) is 4.91. The lowest BCUT2D eigenvalue weighted by atomic mass is 9.91. The average molecular weight is 334 g/mol. The lowest BCUT2D eigenvalue weighted by molar-refractivity contribution is -0.138. The number of piperidine rings is 1. The van der Waals surface area contributed by atoms with Gasteiger partial charge in [0.05, 0.1) is 12.5 Å². The molecule has 2 saturated heterocycles. The van der Waals surface area contributed by atoms with Crippen LogP contribution in [0.15, 0.2) is 24.3 Å². The van der Waals surface area contributed by atoms with Crippen LogP contribution in [0.5, 0.6) is 0 Å². The maximum Gasteiger partial charge on any atom is 0.228 e. The predicted molar refractivity (Wildman–Crippen MR) is 88.0 cm³/mol. The number of rotatable bonds is 1. The average Bonchev–Trinajstić information content (AvgIpc) is 3.08. The van der Waals surface area contributed by atoms with Gasteiger partial charge in [-0.1, -0.05) is 29.5 Å². The van der Waals surface area contributed by atoms with Gasteiger partial charge in [0.1, 0.15) is 5.60 Å². The number of ether oxygens (including phenoxy) is 1. The summed E-state index contributed by atoms with van der Waals surface area (Å²) < 4.78 is 5.28. The van der Waals surface area contributed by atoms with E-state index in [1.807, 2.05) is 17.0 Å². The van der Waals surface area contributed by atoms with Crippen LogP contribution in [0, 0.1) is 17.8 Å². The van der Waals surface area contributed by atoms with Crippen LogP contribution < -0.4 is 0 Å². The first-order valence-electron chi connectivity index (χ1n) is 7.93. The Morgan fingerprint density at radius 1 is 1.39 bits per heavy atom. The van der Waals surface area contributed by atoms with E-state index in [1.165, 1.54) is 0 Å². The molecular formula is C18H20ClNO3. The second kappa shape index (κ2) is 6.92. The van der Waals surface area contributed by atoms with Crippen LogP contribution in [0.2, 0.25) is 5.02 Å². The zero-order chi connectivity index (χ0) is 16.3. The van der Waals surface area contributed by atoms with Gasteiger partial charge in [0.15, 0.2) is 0 Å². The fraction of sp³-hybridized carbons (Fsp3) is 0.500. The first kappa shape index (κ1) is 16.3. The van der Waals surface area contributed by atoms with Crippen molar-refractivity contribution in [2.75, 3.05) is 26.3 Å². The first-order valence-corrected chi connectivity index (χ1v) is 8.31. The Labute approximate surface area is 141 Å². The fourth-order valence-corrected chi connectivity index (χ4v) is 3.15. The smallest absolute Gasteiger partial charge is 0.228 e. The van der Waals surface area contributed by atoms with Crippen molar-refractivity contribution in [3.63, 3.8) is 0 Å². The molecule has 2 aliphatic rings. The van der Waals surface area contributed by atoms with E-state index >= 15 is 0 Å². The lowest BCUT2D eigenvalue weighted by Crippen LogP contribution is -2.48. The Bertz CT molecular complexity index is 635. The van der Waals surface area contributed by atoms with E-state index in [2.05, 4.69) is 11.8 Å². The van der Waals surface area contributed by atoms with E-state index in [0.717, 1.165) is 12.0 Å². The highest BCUT2D eigenvalue weighted by atomic mass is 35.5.